The van der Waals surface area contributed by atoms with Gasteiger partial charge in [-0.2, -0.15) is 0 Å². The lowest BCUT2D eigenvalue weighted by atomic mass is 9.97. The summed E-state index contributed by atoms with van der Waals surface area (Å²) < 4.78 is 0. The minimum Gasteiger partial charge on any atom is -0.352 e. The predicted molar refractivity (Wildman–Crippen MR) is 141 cm³/mol. The van der Waals surface area contributed by atoms with E-state index >= 15 is 0 Å². The Kier molecular flexibility index (Phi) is 6.58. The fourth-order valence-electron chi connectivity index (χ4n) is 4.66. The molecule has 0 saturated carbocycles. The standard InChI is InChI=1S/C30H28N4O2/c1-21-12-13-24(22(2)20-21)27-14-15-28(32-31-27)33-16-18-34(19-17-33)30(36)26-11-7-6-10-25(26)29(35)23-8-4-3-5-9-23/h3-15,20H,16-19H2,1-2H3. The van der Waals surface area contributed by atoms with Crippen LogP contribution in [0.2, 0.25) is 0 Å². The average Bonchev–Trinajstić information content (AvgIpc) is 2.93. The van der Waals surface area contributed by atoms with Gasteiger partial charge in [-0.25, -0.2) is 0 Å². The molecule has 3 aromatic carbocycles. The van der Waals surface area contributed by atoms with Crippen LogP contribution in [-0.4, -0.2) is 53.0 Å². The number of piperazine rings is 1. The molecule has 0 aliphatic carbocycles. The number of ketones is 1. The van der Waals surface area contributed by atoms with Crippen LogP contribution in [0.3, 0.4) is 0 Å². The number of carbonyl (C=O) groups excluding carboxylic acids is 2. The van der Waals surface area contributed by atoms with Crippen LogP contribution in [0.25, 0.3) is 11.3 Å². The number of hydrogen-bond acceptors (Lipinski definition) is 5. The van der Waals surface area contributed by atoms with Crippen LogP contribution in [-0.2, 0) is 0 Å². The number of nitrogens with zero attached hydrogens (tertiary/aromatic N) is 4. The Balaban J connectivity index is 1.27. The van der Waals surface area contributed by atoms with Crippen LogP contribution in [0.15, 0.2) is 84.9 Å². The van der Waals surface area contributed by atoms with Crippen LogP contribution in [0.5, 0.6) is 0 Å². The minimum absolute atomic E-state index is 0.120. The van der Waals surface area contributed by atoms with E-state index in [1.807, 2.05) is 35.2 Å². The summed E-state index contributed by atoms with van der Waals surface area (Å²) in [5, 5.41) is 8.94. The SMILES string of the molecule is Cc1ccc(-c2ccc(N3CCN(C(=O)c4ccccc4C(=O)c4ccccc4)CC3)nn2)c(C)c1. The Morgan fingerprint density at radius 3 is 2.08 bits per heavy atom. The third-order valence-corrected chi connectivity index (χ3v) is 6.64. The third-order valence-electron chi connectivity index (χ3n) is 6.64. The minimum atomic E-state index is -0.141. The van der Waals surface area contributed by atoms with Crippen LogP contribution >= 0.6 is 0 Å². The van der Waals surface area contributed by atoms with Gasteiger partial charge in [-0.05, 0) is 37.6 Å². The van der Waals surface area contributed by atoms with E-state index in [-0.39, 0.29) is 11.7 Å². The molecule has 1 amide bonds. The van der Waals surface area contributed by atoms with Gasteiger partial charge in [0.2, 0.25) is 0 Å². The second kappa shape index (κ2) is 10.1. The summed E-state index contributed by atoms with van der Waals surface area (Å²) in [5.41, 5.74) is 5.78. The van der Waals surface area contributed by atoms with Gasteiger partial charge in [0, 0.05) is 42.9 Å². The lowest BCUT2D eigenvalue weighted by molar-refractivity contribution is 0.0742. The third kappa shape index (κ3) is 4.75. The van der Waals surface area contributed by atoms with Crippen molar-refractivity contribution in [1.82, 2.24) is 15.1 Å². The number of benzene rings is 3. The van der Waals surface area contributed by atoms with Gasteiger partial charge in [-0.3, -0.25) is 9.59 Å². The van der Waals surface area contributed by atoms with Gasteiger partial charge in [0.25, 0.3) is 5.91 Å². The zero-order valence-electron chi connectivity index (χ0n) is 20.5. The van der Waals surface area contributed by atoms with Crippen LogP contribution in [0.1, 0.15) is 37.4 Å². The molecule has 5 rings (SSSR count). The van der Waals surface area contributed by atoms with Crippen molar-refractivity contribution < 1.29 is 9.59 Å². The Hall–Kier alpha value is -4.32. The summed E-state index contributed by atoms with van der Waals surface area (Å²) >= 11 is 0. The van der Waals surface area contributed by atoms with Crippen LogP contribution in [0.4, 0.5) is 5.82 Å². The maximum absolute atomic E-state index is 13.4. The highest BCUT2D eigenvalue weighted by atomic mass is 16.2. The summed E-state index contributed by atoms with van der Waals surface area (Å²) in [4.78, 5) is 30.4. The van der Waals surface area contributed by atoms with Crippen molar-refractivity contribution in [2.45, 2.75) is 13.8 Å². The number of anilines is 1. The van der Waals surface area contributed by atoms with Crippen molar-refractivity contribution >= 4 is 17.5 Å². The molecule has 0 atom stereocenters. The summed E-state index contributed by atoms with van der Waals surface area (Å²) in [6, 6.07) is 26.4. The average molecular weight is 477 g/mol. The van der Waals surface area contributed by atoms with Crippen molar-refractivity contribution in [3.05, 3.63) is 113 Å². The smallest absolute Gasteiger partial charge is 0.254 e. The van der Waals surface area contributed by atoms with E-state index < -0.39 is 0 Å². The number of rotatable bonds is 5. The highest BCUT2D eigenvalue weighted by Gasteiger charge is 2.26. The summed E-state index contributed by atoms with van der Waals surface area (Å²) in [5.74, 6) is 0.540. The molecule has 1 fully saturated rings. The maximum atomic E-state index is 13.4. The number of aryl methyl sites for hydroxylation is 2. The second-order valence-corrected chi connectivity index (χ2v) is 9.12. The maximum Gasteiger partial charge on any atom is 0.254 e. The highest BCUT2D eigenvalue weighted by Crippen LogP contribution is 2.24. The Labute approximate surface area is 211 Å². The van der Waals surface area contributed by atoms with Crippen molar-refractivity contribution in [3.8, 4) is 11.3 Å². The Morgan fingerprint density at radius 1 is 0.722 bits per heavy atom. The van der Waals surface area contributed by atoms with Crippen molar-refractivity contribution in [3.63, 3.8) is 0 Å². The molecule has 0 radical (unpaired) electrons. The van der Waals surface area contributed by atoms with Crippen LogP contribution in [0, 0.1) is 13.8 Å². The Bertz CT molecular complexity index is 1390. The summed E-state index contributed by atoms with van der Waals surface area (Å²) in [7, 11) is 0. The zero-order chi connectivity index (χ0) is 25.1. The van der Waals surface area contributed by atoms with E-state index in [2.05, 4.69) is 47.1 Å². The molecule has 4 aromatic rings. The van der Waals surface area contributed by atoms with Gasteiger partial charge < -0.3 is 9.80 Å². The van der Waals surface area contributed by atoms with Crippen molar-refractivity contribution in [2.75, 3.05) is 31.1 Å². The number of hydrogen-bond donors (Lipinski definition) is 0. The molecule has 180 valence electrons. The van der Waals surface area contributed by atoms with Gasteiger partial charge in [-0.15, -0.1) is 10.2 Å². The first kappa shape index (κ1) is 23.4. The number of carbonyl (C=O) groups is 2. The normalized spacial score (nSPS) is 13.5. The van der Waals surface area contributed by atoms with Crippen LogP contribution < -0.4 is 4.90 Å². The van der Waals surface area contributed by atoms with Crippen molar-refractivity contribution in [2.24, 2.45) is 0 Å². The first-order chi connectivity index (χ1) is 17.5. The van der Waals surface area contributed by atoms with E-state index in [0.29, 0.717) is 42.9 Å². The topological polar surface area (TPSA) is 66.4 Å². The molecule has 1 saturated heterocycles. The molecule has 1 aliphatic heterocycles. The molecule has 0 bridgehead atoms. The molecule has 0 N–H and O–H groups in total. The van der Waals surface area contributed by atoms with Gasteiger partial charge in [-0.1, -0.05) is 72.3 Å². The molecule has 6 nitrogen and oxygen atoms in total. The first-order valence-corrected chi connectivity index (χ1v) is 12.2. The fraction of sp³-hybridized carbons (Fsp3) is 0.200. The molecule has 6 heteroatoms. The monoisotopic (exact) mass is 476 g/mol. The van der Waals surface area contributed by atoms with E-state index in [1.54, 1.807) is 36.4 Å². The molecule has 36 heavy (non-hydrogen) atoms. The second-order valence-electron chi connectivity index (χ2n) is 9.12. The van der Waals surface area contributed by atoms with Crippen molar-refractivity contribution in [1.29, 1.82) is 0 Å². The molecule has 0 unspecified atom stereocenters. The first-order valence-electron chi connectivity index (χ1n) is 12.2. The molecule has 1 aliphatic rings. The van der Waals surface area contributed by atoms with E-state index in [0.717, 1.165) is 17.1 Å². The largest absolute Gasteiger partial charge is 0.352 e. The van der Waals surface area contributed by atoms with Gasteiger partial charge in [0.05, 0.1) is 11.3 Å². The quantitative estimate of drug-likeness (QED) is 0.381. The van der Waals surface area contributed by atoms with Gasteiger partial charge >= 0.3 is 0 Å². The lowest BCUT2D eigenvalue weighted by Crippen LogP contribution is -2.49. The molecule has 0 spiro atoms. The Morgan fingerprint density at radius 2 is 1.42 bits per heavy atom. The fourth-order valence-corrected chi connectivity index (χ4v) is 4.66. The van der Waals surface area contributed by atoms with Gasteiger partial charge in [0.15, 0.2) is 11.6 Å². The lowest BCUT2D eigenvalue weighted by Gasteiger charge is -2.35. The number of amides is 1. The summed E-state index contributed by atoms with van der Waals surface area (Å²) in [6.07, 6.45) is 0. The predicted octanol–water partition coefficient (Wildman–Crippen LogP) is 4.95. The van der Waals surface area contributed by atoms with E-state index in [4.69, 9.17) is 0 Å². The highest BCUT2D eigenvalue weighted by molar-refractivity contribution is 6.15. The zero-order valence-corrected chi connectivity index (χ0v) is 20.5. The molecule has 2 heterocycles. The number of aromatic nitrogens is 2. The molecule has 1 aromatic heterocycles. The molecular weight excluding hydrogens is 448 g/mol. The van der Waals surface area contributed by atoms with E-state index in [1.165, 1.54) is 11.1 Å². The van der Waals surface area contributed by atoms with Gasteiger partial charge in [0.1, 0.15) is 0 Å². The molecular formula is C30H28N4O2. The summed E-state index contributed by atoms with van der Waals surface area (Å²) in [6.45, 7) is 6.56. The van der Waals surface area contributed by atoms with E-state index in [9.17, 15) is 9.59 Å².